The van der Waals surface area contributed by atoms with Crippen LogP contribution in [0.1, 0.15) is 16.8 Å². The molecule has 0 radical (unpaired) electrons. The van der Waals surface area contributed by atoms with Crippen LogP contribution in [0.3, 0.4) is 0 Å². The first kappa shape index (κ1) is 14.7. The second kappa shape index (κ2) is 6.61. The van der Waals surface area contributed by atoms with Gasteiger partial charge in [-0.1, -0.05) is 17.8 Å². The Morgan fingerprint density at radius 3 is 2.70 bits per heavy atom. The molecule has 0 aliphatic heterocycles. The molecule has 0 saturated heterocycles. The first-order valence-corrected chi connectivity index (χ1v) is 7.44. The van der Waals surface area contributed by atoms with Crippen molar-refractivity contribution < 1.29 is 4.74 Å². The van der Waals surface area contributed by atoms with Gasteiger partial charge in [0.1, 0.15) is 5.75 Å². The average Bonchev–Trinajstić information content (AvgIpc) is 2.38. The van der Waals surface area contributed by atoms with Crippen LogP contribution in [0.25, 0.3) is 0 Å². The van der Waals surface area contributed by atoms with Gasteiger partial charge in [-0.3, -0.25) is 4.79 Å². The molecule has 2 aromatic rings. The molecular weight excluding hydrogens is 272 g/mol. The highest BCUT2D eigenvalue weighted by Crippen LogP contribution is 2.17. The van der Waals surface area contributed by atoms with E-state index in [1.807, 2.05) is 19.1 Å². The lowest BCUT2D eigenvalue weighted by molar-refractivity contribution is 0.343. The van der Waals surface area contributed by atoms with Gasteiger partial charge in [-0.15, -0.1) is 0 Å². The summed E-state index contributed by atoms with van der Waals surface area (Å²) in [5.41, 5.74) is 3.09. The predicted octanol–water partition coefficient (Wildman–Crippen LogP) is 2.87. The number of hydrogen-bond donors (Lipinski definition) is 1. The Hall–Kier alpha value is -1.75. The fourth-order valence-electron chi connectivity index (χ4n) is 1.72. The van der Waals surface area contributed by atoms with Crippen molar-refractivity contribution in [2.24, 2.45) is 0 Å². The standard InChI is InChI=1S/C15H18N2O2S/c1-10-4-5-13(8-11(10)2)19-6-7-20-15-16-12(3)9-14(18)17-15/h4-5,8-9H,6-7H2,1-3H3,(H,16,17,18). The Morgan fingerprint density at radius 1 is 1.20 bits per heavy atom. The Kier molecular flexibility index (Phi) is 4.84. The number of nitrogens with one attached hydrogen (secondary N) is 1. The van der Waals surface area contributed by atoms with Gasteiger partial charge < -0.3 is 9.72 Å². The number of aryl methyl sites for hydroxylation is 3. The summed E-state index contributed by atoms with van der Waals surface area (Å²) >= 11 is 1.48. The third-order valence-corrected chi connectivity index (χ3v) is 3.75. The van der Waals surface area contributed by atoms with Crippen molar-refractivity contribution in [2.75, 3.05) is 12.4 Å². The molecule has 0 bridgehead atoms. The molecule has 1 aromatic heterocycles. The van der Waals surface area contributed by atoms with E-state index in [0.29, 0.717) is 11.8 Å². The van der Waals surface area contributed by atoms with E-state index in [0.717, 1.165) is 17.2 Å². The number of aromatic nitrogens is 2. The molecular formula is C15H18N2O2S. The van der Waals surface area contributed by atoms with Gasteiger partial charge in [0.2, 0.25) is 0 Å². The minimum Gasteiger partial charge on any atom is -0.493 e. The number of ether oxygens (including phenoxy) is 1. The van der Waals surface area contributed by atoms with Crippen molar-refractivity contribution in [3.05, 3.63) is 51.4 Å². The van der Waals surface area contributed by atoms with E-state index in [-0.39, 0.29) is 5.56 Å². The first-order chi connectivity index (χ1) is 9.54. The Labute approximate surface area is 122 Å². The Bertz CT molecular complexity index is 653. The summed E-state index contributed by atoms with van der Waals surface area (Å²) in [6.45, 7) is 6.53. The number of nitrogens with zero attached hydrogens (tertiary/aromatic N) is 1. The quantitative estimate of drug-likeness (QED) is 0.522. The van der Waals surface area contributed by atoms with Gasteiger partial charge in [-0.25, -0.2) is 4.98 Å². The molecule has 20 heavy (non-hydrogen) atoms. The van der Waals surface area contributed by atoms with Crippen LogP contribution in [0.5, 0.6) is 5.75 Å². The van der Waals surface area contributed by atoms with Gasteiger partial charge >= 0.3 is 0 Å². The molecule has 4 nitrogen and oxygen atoms in total. The lowest BCUT2D eigenvalue weighted by Crippen LogP contribution is -2.09. The van der Waals surface area contributed by atoms with Gasteiger partial charge in [0.15, 0.2) is 5.16 Å². The van der Waals surface area contributed by atoms with E-state index in [4.69, 9.17) is 4.74 Å². The number of H-pyrrole nitrogens is 1. The monoisotopic (exact) mass is 290 g/mol. The normalized spacial score (nSPS) is 10.6. The maximum Gasteiger partial charge on any atom is 0.251 e. The highest BCUT2D eigenvalue weighted by Gasteiger charge is 2.01. The van der Waals surface area contributed by atoms with Crippen LogP contribution in [0.15, 0.2) is 34.2 Å². The van der Waals surface area contributed by atoms with E-state index in [1.54, 1.807) is 0 Å². The zero-order valence-electron chi connectivity index (χ0n) is 11.9. The summed E-state index contributed by atoms with van der Waals surface area (Å²) in [6, 6.07) is 7.54. The minimum atomic E-state index is -0.116. The molecule has 2 rings (SSSR count). The predicted molar refractivity (Wildman–Crippen MR) is 81.7 cm³/mol. The Morgan fingerprint density at radius 2 is 2.00 bits per heavy atom. The number of hydrogen-bond acceptors (Lipinski definition) is 4. The maximum absolute atomic E-state index is 11.3. The third kappa shape index (κ3) is 4.13. The van der Waals surface area contributed by atoms with E-state index in [2.05, 4.69) is 29.9 Å². The van der Waals surface area contributed by atoms with Crippen LogP contribution in [-0.4, -0.2) is 22.3 Å². The second-order valence-corrected chi connectivity index (χ2v) is 5.72. The molecule has 1 aromatic carbocycles. The summed E-state index contributed by atoms with van der Waals surface area (Å²) in [5, 5.41) is 0.638. The number of benzene rings is 1. The molecule has 0 fully saturated rings. The average molecular weight is 290 g/mol. The third-order valence-electron chi connectivity index (χ3n) is 2.92. The molecule has 0 aliphatic rings. The fraction of sp³-hybridized carbons (Fsp3) is 0.333. The summed E-state index contributed by atoms with van der Waals surface area (Å²) in [4.78, 5) is 18.3. The molecule has 0 unspecified atom stereocenters. The lowest BCUT2D eigenvalue weighted by Gasteiger charge is -2.08. The van der Waals surface area contributed by atoms with Crippen molar-refractivity contribution in [3.8, 4) is 5.75 Å². The topological polar surface area (TPSA) is 55.0 Å². The molecule has 1 heterocycles. The lowest BCUT2D eigenvalue weighted by atomic mass is 10.1. The van der Waals surface area contributed by atoms with Crippen LogP contribution < -0.4 is 10.3 Å². The van der Waals surface area contributed by atoms with E-state index in [9.17, 15) is 4.79 Å². The Balaban J connectivity index is 1.84. The van der Waals surface area contributed by atoms with Gasteiger partial charge in [0, 0.05) is 17.5 Å². The van der Waals surface area contributed by atoms with Crippen LogP contribution in [-0.2, 0) is 0 Å². The summed E-state index contributed by atoms with van der Waals surface area (Å²) in [6.07, 6.45) is 0. The van der Waals surface area contributed by atoms with Crippen molar-refractivity contribution in [3.63, 3.8) is 0 Å². The molecule has 0 spiro atoms. The second-order valence-electron chi connectivity index (χ2n) is 4.63. The number of thioether (sulfide) groups is 1. The minimum absolute atomic E-state index is 0.116. The van der Waals surface area contributed by atoms with Crippen LogP contribution in [0, 0.1) is 20.8 Å². The molecule has 0 aliphatic carbocycles. The number of rotatable bonds is 5. The van der Waals surface area contributed by atoms with Crippen molar-refractivity contribution in [1.29, 1.82) is 0 Å². The van der Waals surface area contributed by atoms with Gasteiger partial charge in [-0.05, 0) is 44.0 Å². The summed E-state index contributed by atoms with van der Waals surface area (Å²) in [7, 11) is 0. The molecule has 0 atom stereocenters. The molecule has 5 heteroatoms. The van der Waals surface area contributed by atoms with Crippen molar-refractivity contribution >= 4 is 11.8 Å². The van der Waals surface area contributed by atoms with Gasteiger partial charge in [0.25, 0.3) is 5.56 Å². The molecule has 0 saturated carbocycles. The highest BCUT2D eigenvalue weighted by molar-refractivity contribution is 7.99. The van der Waals surface area contributed by atoms with E-state index < -0.39 is 0 Å². The zero-order chi connectivity index (χ0) is 14.5. The largest absolute Gasteiger partial charge is 0.493 e. The molecule has 1 N–H and O–H groups in total. The van der Waals surface area contributed by atoms with E-state index in [1.165, 1.54) is 29.0 Å². The fourth-order valence-corrected chi connectivity index (χ4v) is 2.46. The summed E-state index contributed by atoms with van der Waals surface area (Å²) < 4.78 is 5.68. The first-order valence-electron chi connectivity index (χ1n) is 6.45. The molecule has 106 valence electrons. The van der Waals surface area contributed by atoms with Crippen LogP contribution in [0.4, 0.5) is 0 Å². The zero-order valence-corrected chi connectivity index (χ0v) is 12.7. The van der Waals surface area contributed by atoms with E-state index >= 15 is 0 Å². The number of aromatic amines is 1. The summed E-state index contributed by atoms with van der Waals surface area (Å²) in [5.74, 6) is 1.61. The van der Waals surface area contributed by atoms with Gasteiger partial charge in [0.05, 0.1) is 6.61 Å². The molecule has 0 amide bonds. The van der Waals surface area contributed by atoms with Crippen LogP contribution >= 0.6 is 11.8 Å². The smallest absolute Gasteiger partial charge is 0.251 e. The van der Waals surface area contributed by atoms with Crippen molar-refractivity contribution in [1.82, 2.24) is 9.97 Å². The SMILES string of the molecule is Cc1cc(=O)[nH]c(SCCOc2ccc(C)c(C)c2)n1. The van der Waals surface area contributed by atoms with Crippen LogP contribution in [0.2, 0.25) is 0 Å². The highest BCUT2D eigenvalue weighted by atomic mass is 32.2. The van der Waals surface area contributed by atoms with Crippen molar-refractivity contribution in [2.45, 2.75) is 25.9 Å². The van der Waals surface area contributed by atoms with Gasteiger partial charge in [-0.2, -0.15) is 0 Å². The maximum atomic E-state index is 11.3.